The maximum atomic E-state index is 13.4. The number of Topliss-reactive ketones (excluding diaryl/α,β-unsaturated/α-hetero) is 1. The van der Waals surface area contributed by atoms with E-state index in [0.29, 0.717) is 11.4 Å². The predicted molar refractivity (Wildman–Crippen MR) is 115 cm³/mol. The first kappa shape index (κ1) is 21.9. The van der Waals surface area contributed by atoms with E-state index in [0.717, 1.165) is 22.2 Å². The van der Waals surface area contributed by atoms with Gasteiger partial charge >= 0.3 is 0 Å². The molecule has 3 atom stereocenters. The van der Waals surface area contributed by atoms with Crippen LogP contribution in [0.2, 0.25) is 5.02 Å². The molecule has 2 aromatic carbocycles. The summed E-state index contributed by atoms with van der Waals surface area (Å²) in [4.78, 5) is 52.7. The number of imide groups is 1. The zero-order valence-corrected chi connectivity index (χ0v) is 18.0. The lowest BCUT2D eigenvalue weighted by Gasteiger charge is -2.30. The first-order valence-corrected chi connectivity index (χ1v) is 10.6. The minimum absolute atomic E-state index is 0.159. The average Bonchev–Trinajstić information content (AvgIpc) is 3.03. The summed E-state index contributed by atoms with van der Waals surface area (Å²) in [7, 11) is 0. The summed E-state index contributed by atoms with van der Waals surface area (Å²) < 4.78 is 13.3. The lowest BCUT2D eigenvalue weighted by molar-refractivity contribution is -0.154. The van der Waals surface area contributed by atoms with Crippen molar-refractivity contribution in [1.82, 2.24) is 10.0 Å². The number of nitrogens with zero attached hydrogens (tertiary/aromatic N) is 2. The van der Waals surface area contributed by atoms with Crippen molar-refractivity contribution in [3.63, 3.8) is 0 Å². The van der Waals surface area contributed by atoms with E-state index in [1.165, 1.54) is 36.4 Å². The number of hydrogen-bond acceptors (Lipinski definition) is 4. The maximum absolute atomic E-state index is 13.4. The zero-order valence-electron chi connectivity index (χ0n) is 17.2. The molecular weight excluding hydrogens is 435 g/mol. The van der Waals surface area contributed by atoms with Gasteiger partial charge in [-0.1, -0.05) is 30.7 Å². The third-order valence-corrected chi connectivity index (χ3v) is 6.13. The molecule has 1 aliphatic carbocycles. The standard InChI is InChI=1S/C24H20ClFN2O4/c1-14-3-2-4-19-21(14)24(32)28(23(19)31)27(22(30)16-5-9-17(25)10-6-16)13-20(29)15-7-11-18(26)12-8-15/h2-3,5-12,14,19,21H,4,13H2,1H3/t14-,19-,21-/m1/s1. The monoisotopic (exact) mass is 454 g/mol. The van der Waals surface area contributed by atoms with Crippen LogP contribution in [0.15, 0.2) is 60.7 Å². The highest BCUT2D eigenvalue weighted by molar-refractivity contribution is 6.30. The number of allylic oxidation sites excluding steroid dienone is 2. The van der Waals surface area contributed by atoms with Crippen molar-refractivity contribution < 1.29 is 23.6 Å². The zero-order chi connectivity index (χ0) is 23.0. The molecule has 0 saturated carbocycles. The van der Waals surface area contributed by atoms with Crippen LogP contribution in [0.1, 0.15) is 34.1 Å². The molecule has 2 aromatic rings. The fourth-order valence-electron chi connectivity index (χ4n) is 4.21. The van der Waals surface area contributed by atoms with Crippen LogP contribution in [0.5, 0.6) is 0 Å². The molecule has 0 radical (unpaired) electrons. The summed E-state index contributed by atoms with van der Waals surface area (Å²) in [6.07, 6.45) is 4.13. The molecule has 6 nitrogen and oxygen atoms in total. The fraction of sp³-hybridized carbons (Fsp3) is 0.250. The second kappa shape index (κ2) is 8.67. The highest BCUT2D eigenvalue weighted by Crippen LogP contribution is 2.39. The van der Waals surface area contributed by atoms with Crippen LogP contribution in [0.4, 0.5) is 4.39 Å². The van der Waals surface area contributed by atoms with Crippen LogP contribution >= 0.6 is 11.6 Å². The van der Waals surface area contributed by atoms with Crippen LogP contribution in [0.3, 0.4) is 0 Å². The first-order chi connectivity index (χ1) is 15.3. The highest BCUT2D eigenvalue weighted by atomic mass is 35.5. The Bertz CT molecular complexity index is 1110. The van der Waals surface area contributed by atoms with Gasteiger partial charge in [-0.2, -0.15) is 5.01 Å². The molecule has 1 heterocycles. The second-order valence-corrected chi connectivity index (χ2v) is 8.38. The molecule has 0 spiro atoms. The van der Waals surface area contributed by atoms with Gasteiger partial charge in [0, 0.05) is 16.1 Å². The highest BCUT2D eigenvalue weighted by Gasteiger charge is 2.53. The smallest absolute Gasteiger partial charge is 0.273 e. The first-order valence-electron chi connectivity index (χ1n) is 10.2. The maximum Gasteiger partial charge on any atom is 0.273 e. The summed E-state index contributed by atoms with van der Waals surface area (Å²) >= 11 is 5.91. The van der Waals surface area contributed by atoms with E-state index < -0.39 is 47.7 Å². The summed E-state index contributed by atoms with van der Waals surface area (Å²) in [5, 5.41) is 2.12. The largest absolute Gasteiger partial charge is 0.292 e. The van der Waals surface area contributed by atoms with Gasteiger partial charge in [0.05, 0.1) is 11.8 Å². The van der Waals surface area contributed by atoms with Crippen molar-refractivity contribution in [2.75, 3.05) is 6.54 Å². The van der Waals surface area contributed by atoms with Gasteiger partial charge in [0.2, 0.25) is 0 Å². The van der Waals surface area contributed by atoms with Gasteiger partial charge < -0.3 is 0 Å². The second-order valence-electron chi connectivity index (χ2n) is 7.94. The Kier molecular flexibility index (Phi) is 5.93. The SMILES string of the molecule is C[C@@H]1C=CC[C@H]2C(=O)N(N(CC(=O)c3ccc(F)cc3)C(=O)c3ccc(Cl)cc3)C(=O)[C@H]12. The molecule has 1 fully saturated rings. The number of benzene rings is 2. The van der Waals surface area contributed by atoms with E-state index in [9.17, 15) is 23.6 Å². The molecule has 32 heavy (non-hydrogen) atoms. The lowest BCUT2D eigenvalue weighted by atomic mass is 9.78. The van der Waals surface area contributed by atoms with Gasteiger partial charge in [-0.15, -0.1) is 0 Å². The van der Waals surface area contributed by atoms with Crippen LogP contribution in [0.25, 0.3) is 0 Å². The van der Waals surface area contributed by atoms with Crippen molar-refractivity contribution >= 4 is 35.1 Å². The third-order valence-electron chi connectivity index (χ3n) is 5.88. The van der Waals surface area contributed by atoms with Crippen molar-refractivity contribution in [3.05, 3.63) is 82.6 Å². The van der Waals surface area contributed by atoms with Crippen LogP contribution in [0, 0.1) is 23.6 Å². The Morgan fingerprint density at radius 2 is 1.66 bits per heavy atom. The third kappa shape index (κ3) is 3.96. The Morgan fingerprint density at radius 3 is 2.28 bits per heavy atom. The normalized spacial score (nSPS) is 22.1. The topological polar surface area (TPSA) is 74.8 Å². The quantitative estimate of drug-likeness (QED) is 0.390. The number of rotatable bonds is 5. The van der Waals surface area contributed by atoms with Gasteiger partial charge in [0.15, 0.2) is 5.78 Å². The summed E-state index contributed by atoms with van der Waals surface area (Å²) in [5.41, 5.74) is 0.329. The summed E-state index contributed by atoms with van der Waals surface area (Å²) in [6, 6.07) is 10.8. The number of amides is 3. The molecule has 4 rings (SSSR count). The Balaban J connectivity index is 1.70. The van der Waals surface area contributed by atoms with Gasteiger partial charge in [0.25, 0.3) is 17.7 Å². The average molecular weight is 455 g/mol. The van der Waals surface area contributed by atoms with E-state index in [1.807, 2.05) is 19.1 Å². The van der Waals surface area contributed by atoms with E-state index in [4.69, 9.17) is 11.6 Å². The van der Waals surface area contributed by atoms with E-state index in [2.05, 4.69) is 0 Å². The number of hydrogen-bond donors (Lipinski definition) is 0. The molecule has 0 N–H and O–H groups in total. The number of carbonyl (C=O) groups excluding carboxylic acids is 4. The van der Waals surface area contributed by atoms with E-state index >= 15 is 0 Å². The van der Waals surface area contributed by atoms with Gasteiger partial charge in [-0.05, 0) is 60.9 Å². The van der Waals surface area contributed by atoms with Gasteiger partial charge in [-0.3, -0.25) is 19.2 Å². The van der Waals surface area contributed by atoms with Crippen LogP contribution in [-0.2, 0) is 9.59 Å². The molecule has 2 aliphatic rings. The number of carbonyl (C=O) groups is 4. The summed E-state index contributed by atoms with van der Waals surface area (Å²) in [6.45, 7) is 1.29. The molecule has 0 unspecified atom stereocenters. The molecule has 0 aromatic heterocycles. The fourth-order valence-corrected chi connectivity index (χ4v) is 4.33. The Labute approximate surface area is 189 Å². The molecule has 164 valence electrons. The molecule has 1 saturated heterocycles. The minimum atomic E-state index is -0.682. The molecule has 1 aliphatic heterocycles. The van der Waals surface area contributed by atoms with Crippen LogP contribution < -0.4 is 0 Å². The van der Waals surface area contributed by atoms with Crippen molar-refractivity contribution in [2.24, 2.45) is 17.8 Å². The lowest BCUT2D eigenvalue weighted by Crippen LogP contribution is -2.52. The Hall–Kier alpha value is -3.32. The Morgan fingerprint density at radius 1 is 1.03 bits per heavy atom. The number of halogens is 2. The van der Waals surface area contributed by atoms with Gasteiger partial charge in [-0.25, -0.2) is 9.40 Å². The molecular formula is C24H20ClFN2O4. The number of fused-ring (bicyclic) bond motifs is 1. The van der Waals surface area contributed by atoms with E-state index in [1.54, 1.807) is 0 Å². The predicted octanol–water partition coefficient (Wildman–Crippen LogP) is 3.92. The van der Waals surface area contributed by atoms with Gasteiger partial charge in [0.1, 0.15) is 12.4 Å². The molecule has 3 amide bonds. The summed E-state index contributed by atoms with van der Waals surface area (Å²) in [5.74, 6) is -4.08. The minimum Gasteiger partial charge on any atom is -0.292 e. The van der Waals surface area contributed by atoms with Crippen molar-refractivity contribution in [3.8, 4) is 0 Å². The molecule has 8 heteroatoms. The van der Waals surface area contributed by atoms with Crippen LogP contribution in [-0.4, -0.2) is 40.1 Å². The molecule has 0 bridgehead atoms. The number of ketones is 1. The van der Waals surface area contributed by atoms with Crippen molar-refractivity contribution in [1.29, 1.82) is 0 Å². The number of hydrazine groups is 1. The van der Waals surface area contributed by atoms with E-state index in [-0.39, 0.29) is 17.0 Å². The van der Waals surface area contributed by atoms with Crippen molar-refractivity contribution in [2.45, 2.75) is 13.3 Å².